The van der Waals surface area contributed by atoms with Crippen LogP contribution >= 0.6 is 11.6 Å². The summed E-state index contributed by atoms with van der Waals surface area (Å²) in [6.07, 6.45) is 9.57. The molecule has 8 amide bonds. The number of fused-ring (bicyclic) bond motifs is 2. The lowest BCUT2D eigenvalue weighted by molar-refractivity contribution is -0.143. The molecule has 6 N–H and O–H groups in total. The number of alkyl carbamates (subject to hydrolysis) is 2. The number of methoxy groups -OCH3 is 2. The lowest BCUT2D eigenvalue weighted by Gasteiger charge is -2.36. The summed E-state index contributed by atoms with van der Waals surface area (Å²) in [7, 11) is -4.89. The molecule has 2 saturated heterocycles. The molecule has 0 bridgehead atoms. The van der Waals surface area contributed by atoms with Gasteiger partial charge in [-0.2, -0.15) is 0 Å². The maximum absolute atomic E-state index is 14.8. The molecule has 2 aromatic heterocycles. The number of halogens is 1. The van der Waals surface area contributed by atoms with Crippen LogP contribution in [0, 0.1) is 22.7 Å². The zero-order valence-corrected chi connectivity index (χ0v) is 75.0. The van der Waals surface area contributed by atoms with Crippen LogP contribution in [0.4, 0.5) is 14.4 Å². The Balaban J connectivity index is 0.000000205. The SMILES string of the molecule is C=CC1C[C@]1(NC(=O)[C@@H]1C[C@@H](Oc2cc(-c3ccccc3)nc3cc(OC)ccc23)CN1C(=O)[C@@H](NC(=O)OC(C)(C)C)C(C)(C)C)C(=O)NS(=O)(=O)C1(C)CC1.C=CC1C[C@]1(NC(=O)[C@@H]1C[C@@H](Oc2cc(-c3ccccc3)nc3cc(OC)ccc23)CN1C(=O)[C@@H](NC(=O)OC1CCCC1)C(C)(C)C)C(=O)NS(=O)(=O)C1(C)CC1.O=C(Cl)OC1CCCC1. The summed E-state index contributed by atoms with van der Waals surface area (Å²) < 4.78 is 95.0. The lowest BCUT2D eigenvalue weighted by atomic mass is 9.85. The first-order valence-electron chi connectivity index (χ1n) is 42.2. The highest BCUT2D eigenvalue weighted by atomic mass is 35.5. The fraction of sp³-hybridized carbons (Fsp3) is 0.527. The molecule has 6 aliphatic carbocycles. The number of sulfonamides is 2. The molecule has 124 heavy (non-hydrogen) atoms. The first kappa shape index (κ1) is 92.6. The Hall–Kier alpha value is -10.6. The highest BCUT2D eigenvalue weighted by Crippen LogP contribution is 2.50. The van der Waals surface area contributed by atoms with Crippen molar-refractivity contribution in [2.75, 3.05) is 27.3 Å². The number of nitrogens with one attached hydrogen (secondary N) is 6. The Morgan fingerprint density at radius 3 is 1.22 bits per heavy atom. The van der Waals surface area contributed by atoms with Crippen LogP contribution in [0.2, 0.25) is 0 Å². The number of pyridine rings is 2. The molecule has 4 aromatic carbocycles. The van der Waals surface area contributed by atoms with Gasteiger partial charge < -0.3 is 64.2 Å². The van der Waals surface area contributed by atoms with E-state index in [9.17, 15) is 60.0 Å². The molecule has 8 fully saturated rings. The smallest absolute Gasteiger partial charge is 0.408 e. The second kappa shape index (κ2) is 36.5. The number of hydrogen-bond acceptors (Lipinski definition) is 22. The molecule has 8 aliphatic rings. The number of carbonyl (C=O) groups excluding carboxylic acids is 9. The van der Waals surface area contributed by atoms with Crippen LogP contribution in [0.15, 0.2) is 135 Å². The van der Waals surface area contributed by atoms with E-state index in [1.807, 2.05) is 106 Å². The number of likely N-dealkylation sites (tertiary alicyclic amines) is 2. The van der Waals surface area contributed by atoms with Crippen LogP contribution in [0.3, 0.4) is 0 Å². The largest absolute Gasteiger partial charge is 0.497 e. The third kappa shape index (κ3) is 21.3. The van der Waals surface area contributed by atoms with E-state index in [0.29, 0.717) is 81.9 Å². The zero-order chi connectivity index (χ0) is 90.0. The number of benzene rings is 4. The van der Waals surface area contributed by atoms with Gasteiger partial charge in [0.25, 0.3) is 11.8 Å². The first-order chi connectivity index (χ1) is 58.3. The van der Waals surface area contributed by atoms with Gasteiger partial charge in [-0.25, -0.2) is 41.2 Å². The fourth-order valence-electron chi connectivity index (χ4n) is 16.2. The Labute approximate surface area is 729 Å². The quantitative estimate of drug-likeness (QED) is 0.0167. The van der Waals surface area contributed by atoms with Crippen LogP contribution in [-0.2, 0) is 63.0 Å². The second-order valence-electron chi connectivity index (χ2n) is 37.2. The van der Waals surface area contributed by atoms with Gasteiger partial charge in [-0.3, -0.25) is 38.2 Å². The maximum atomic E-state index is 14.8. The summed E-state index contributed by atoms with van der Waals surface area (Å²) >= 11 is 5.00. The van der Waals surface area contributed by atoms with Crippen molar-refractivity contribution in [3.8, 4) is 45.5 Å². The normalized spacial score (nSPS) is 23.5. The van der Waals surface area contributed by atoms with Crippen molar-refractivity contribution in [1.29, 1.82) is 0 Å². The van der Waals surface area contributed by atoms with Crippen LogP contribution < -0.4 is 49.7 Å². The third-order valence-electron chi connectivity index (χ3n) is 24.4. The molecule has 668 valence electrons. The van der Waals surface area contributed by atoms with E-state index in [1.54, 1.807) is 93.9 Å². The predicted molar refractivity (Wildman–Crippen MR) is 467 cm³/mol. The lowest BCUT2D eigenvalue weighted by Crippen LogP contribution is -2.60. The van der Waals surface area contributed by atoms with Crippen LogP contribution in [0.1, 0.15) is 179 Å². The molecular formula is C91H115ClN10O20S2. The topological polar surface area (TPSA) is 391 Å². The van der Waals surface area contributed by atoms with Gasteiger partial charge in [0.05, 0.1) is 59.2 Å². The molecule has 33 heteroatoms. The maximum Gasteiger partial charge on any atom is 0.408 e. The Morgan fingerprint density at radius 1 is 0.516 bits per heavy atom. The van der Waals surface area contributed by atoms with Crippen molar-refractivity contribution in [3.05, 3.63) is 135 Å². The van der Waals surface area contributed by atoms with Gasteiger partial charge in [-0.1, -0.05) is 114 Å². The number of ether oxygens (including phenoxy) is 7. The summed E-state index contributed by atoms with van der Waals surface area (Å²) in [4.78, 5) is 135. The van der Waals surface area contributed by atoms with E-state index in [-0.39, 0.29) is 51.0 Å². The molecule has 4 heterocycles. The van der Waals surface area contributed by atoms with E-state index < -0.39 is 158 Å². The van der Waals surface area contributed by atoms with E-state index >= 15 is 0 Å². The van der Waals surface area contributed by atoms with Crippen LogP contribution in [0.25, 0.3) is 44.3 Å². The minimum atomic E-state index is -4.02. The summed E-state index contributed by atoms with van der Waals surface area (Å²) in [5.74, 6) is -3.09. The van der Waals surface area contributed by atoms with E-state index in [0.717, 1.165) is 62.5 Å². The number of carbonyl (C=O) groups is 9. The van der Waals surface area contributed by atoms with Crippen molar-refractivity contribution in [2.45, 2.75) is 254 Å². The number of amides is 8. The molecule has 6 saturated carbocycles. The van der Waals surface area contributed by atoms with E-state index in [4.69, 9.17) is 54.7 Å². The standard InChI is InChI=1S/C43H53N5O9S.C42H53N5O9S.C6H9ClO2/c1-7-27-24-43(27,39(51)47-58(53,54)42(5)19-20-42)46-37(49)34-22-30(25-48(34)38(50)36(41(2,3)4)45-40(52)57-28-15-11-12-16-28)56-35-23-32(26-13-9-8-10-14-26)44-33-21-29(55-6)17-18-31(33)35;1-10-26-23-42(26,37(50)46-57(52,53)41(8)18-19-41)45-35(48)32-21-28(24-47(32)36(49)34(39(2,3)4)44-38(51)56-40(5,6)7)55-33-22-30(25-14-12-11-13-15-25)43-31-20-27(54-9)16-17-29(31)33;7-6(8)9-5-3-1-2-4-5/h7-10,13-14,17-18,21,23,27-28,30,34,36H,1,11-12,15-16,19-20,22,24-25H2,2-6H3,(H,45,52)(H,46,49)(H,47,51);10-17,20,22,26,28,32,34H,1,18-19,21,23-24H2,2-9H3,(H,44,51)(H,45,48)(H,46,50);5H,1-4H2/t27?,30-,34+,36-,43-;26?,28-,32+,34-,42-;/m11./s1. The number of rotatable bonds is 26. The molecule has 0 radical (unpaired) electrons. The number of hydrogen-bond donors (Lipinski definition) is 6. The molecule has 6 aromatic rings. The van der Waals surface area contributed by atoms with Crippen LogP contribution in [-0.4, -0.2) is 192 Å². The highest BCUT2D eigenvalue weighted by molar-refractivity contribution is 7.92. The van der Waals surface area contributed by atoms with Gasteiger partial charge in [0.2, 0.25) is 43.7 Å². The average molecular weight is 1770 g/mol. The molecular weight excluding hydrogens is 1650 g/mol. The van der Waals surface area contributed by atoms with Crippen molar-refractivity contribution in [1.82, 2.24) is 50.5 Å². The Kier molecular flexibility index (Phi) is 27.3. The Bertz CT molecular complexity index is 5310. The molecule has 10 atom stereocenters. The van der Waals surface area contributed by atoms with Crippen molar-refractivity contribution in [3.63, 3.8) is 0 Å². The second-order valence-corrected chi connectivity index (χ2v) is 41.9. The fourth-order valence-corrected chi connectivity index (χ4v) is 18.9. The number of aromatic nitrogens is 2. The average Bonchev–Trinajstić information content (AvgIpc) is 1.57. The van der Waals surface area contributed by atoms with Gasteiger partial charge in [-0.05, 0) is 160 Å². The van der Waals surface area contributed by atoms with Gasteiger partial charge in [-0.15, -0.1) is 13.2 Å². The van der Waals surface area contributed by atoms with Gasteiger partial charge in [0.1, 0.15) is 88.3 Å². The summed E-state index contributed by atoms with van der Waals surface area (Å²) in [6, 6.07) is 29.1. The van der Waals surface area contributed by atoms with Crippen LogP contribution in [0.5, 0.6) is 23.0 Å². The molecule has 14 rings (SSSR count). The van der Waals surface area contributed by atoms with Crippen molar-refractivity contribution in [2.24, 2.45) is 22.7 Å². The zero-order valence-electron chi connectivity index (χ0n) is 72.6. The molecule has 2 aliphatic heterocycles. The van der Waals surface area contributed by atoms with Crippen molar-refractivity contribution >= 4 is 107 Å². The molecule has 30 nitrogen and oxygen atoms in total. The highest BCUT2D eigenvalue weighted by Gasteiger charge is 2.65. The predicted octanol–water partition coefficient (Wildman–Crippen LogP) is 13.0. The first-order valence-corrected chi connectivity index (χ1v) is 45.6. The minimum absolute atomic E-state index is 0.00827. The third-order valence-corrected chi connectivity index (χ3v) is 28.8. The van der Waals surface area contributed by atoms with Crippen molar-refractivity contribution < 1.29 is 93.1 Å². The summed E-state index contributed by atoms with van der Waals surface area (Å²) in [5.41, 5.74) is -2.14. The van der Waals surface area contributed by atoms with Gasteiger partial charge in [0.15, 0.2) is 0 Å². The van der Waals surface area contributed by atoms with E-state index in [2.05, 4.69) is 43.9 Å². The minimum Gasteiger partial charge on any atom is -0.497 e. The number of nitrogens with zero attached hydrogens (tertiary/aromatic N) is 4. The summed E-state index contributed by atoms with van der Waals surface area (Å²) in [5, 5.41) is 12.5. The molecule has 2 unspecified atom stereocenters. The van der Waals surface area contributed by atoms with E-state index in [1.165, 1.54) is 22.0 Å². The van der Waals surface area contributed by atoms with Gasteiger partial charge >= 0.3 is 17.6 Å². The van der Waals surface area contributed by atoms with Gasteiger partial charge in [0, 0.05) is 82.4 Å². The Morgan fingerprint density at radius 2 is 0.887 bits per heavy atom. The monoisotopic (exact) mass is 1770 g/mol. The summed E-state index contributed by atoms with van der Waals surface area (Å²) in [6.45, 7) is 26.6. The molecule has 0 spiro atoms.